The van der Waals surface area contributed by atoms with Crippen LogP contribution in [0.4, 0.5) is 11.5 Å². The summed E-state index contributed by atoms with van der Waals surface area (Å²) < 4.78 is 1.65. The van der Waals surface area contributed by atoms with Crippen molar-refractivity contribution in [3.05, 3.63) is 60.7 Å². The van der Waals surface area contributed by atoms with Gasteiger partial charge in [-0.2, -0.15) is 5.10 Å². The van der Waals surface area contributed by atoms with Gasteiger partial charge in [-0.25, -0.2) is 15.8 Å². The number of anilines is 2. The molecule has 0 saturated carbocycles. The van der Waals surface area contributed by atoms with E-state index in [2.05, 4.69) is 31.4 Å². The molecule has 0 spiro atoms. The molecule has 1 aromatic carbocycles. The fraction of sp³-hybridized carbons (Fsp3) is 0.200. The van der Waals surface area contributed by atoms with Crippen LogP contribution in [0.1, 0.15) is 5.56 Å². The van der Waals surface area contributed by atoms with Crippen molar-refractivity contribution in [1.82, 2.24) is 24.7 Å². The van der Waals surface area contributed by atoms with E-state index in [-0.39, 0.29) is 6.61 Å². The van der Waals surface area contributed by atoms with Gasteiger partial charge in [0.25, 0.3) is 0 Å². The Hall–Kier alpha value is -3.56. The van der Waals surface area contributed by atoms with E-state index in [0.29, 0.717) is 24.7 Å². The average Bonchev–Trinajstić information content (AvgIpc) is 3.22. The molecule has 0 fully saturated rings. The van der Waals surface area contributed by atoms with Gasteiger partial charge < -0.3 is 10.4 Å². The van der Waals surface area contributed by atoms with Crippen molar-refractivity contribution >= 4 is 22.4 Å². The number of benzene rings is 1. The molecule has 3 aromatic heterocycles. The minimum absolute atomic E-state index is 0.0176. The largest absolute Gasteiger partial charge is 0.394 e. The Morgan fingerprint density at radius 3 is 2.93 bits per heavy atom. The highest BCUT2D eigenvalue weighted by Gasteiger charge is 2.14. The van der Waals surface area contributed by atoms with Gasteiger partial charge in [0, 0.05) is 24.8 Å². The van der Waals surface area contributed by atoms with E-state index in [1.54, 1.807) is 41.5 Å². The van der Waals surface area contributed by atoms with Crippen molar-refractivity contribution < 1.29 is 5.11 Å². The number of nitrogens with one attached hydrogen (secondary N) is 1. The van der Waals surface area contributed by atoms with E-state index in [0.717, 1.165) is 27.7 Å². The van der Waals surface area contributed by atoms with Crippen LogP contribution < -0.4 is 16.2 Å². The monoisotopic (exact) mass is 390 g/mol. The maximum absolute atomic E-state index is 9.06. The molecule has 0 amide bonds. The van der Waals surface area contributed by atoms with Crippen LogP contribution >= 0.6 is 0 Å². The van der Waals surface area contributed by atoms with Gasteiger partial charge in [0.2, 0.25) is 0 Å². The number of hydrazine groups is 1. The Morgan fingerprint density at radius 2 is 2.10 bits per heavy atom. The summed E-state index contributed by atoms with van der Waals surface area (Å²) in [4.78, 5) is 13.4. The van der Waals surface area contributed by atoms with Crippen molar-refractivity contribution in [2.24, 2.45) is 5.84 Å². The number of hydrogen-bond acceptors (Lipinski definition) is 8. The van der Waals surface area contributed by atoms with Gasteiger partial charge in [0.1, 0.15) is 0 Å². The molecule has 9 heteroatoms. The number of aliphatic hydroxyl groups is 1. The number of nitrogens with zero attached hydrogens (tertiary/aromatic N) is 6. The van der Waals surface area contributed by atoms with Crippen molar-refractivity contribution in [2.75, 3.05) is 24.0 Å². The van der Waals surface area contributed by atoms with Crippen LogP contribution in [0.5, 0.6) is 0 Å². The number of hydrogen-bond donors (Lipinski definition) is 3. The van der Waals surface area contributed by atoms with Crippen molar-refractivity contribution in [2.45, 2.75) is 13.1 Å². The lowest BCUT2D eigenvalue weighted by atomic mass is 10.1. The number of aliphatic hydroxyl groups excluding tert-OH is 1. The number of pyridine rings is 1. The highest BCUT2D eigenvalue weighted by molar-refractivity contribution is 5.79. The summed E-state index contributed by atoms with van der Waals surface area (Å²) in [5.74, 6) is 7.48. The van der Waals surface area contributed by atoms with Crippen LogP contribution in [0.25, 0.3) is 22.3 Å². The second kappa shape index (κ2) is 8.21. The molecule has 148 valence electrons. The average molecular weight is 390 g/mol. The molecule has 0 aliphatic rings. The minimum Gasteiger partial charge on any atom is -0.394 e. The van der Waals surface area contributed by atoms with E-state index >= 15 is 0 Å². The van der Waals surface area contributed by atoms with Gasteiger partial charge in [0.05, 0.1) is 48.9 Å². The highest BCUT2D eigenvalue weighted by atomic mass is 16.3. The maximum Gasteiger partial charge on any atom is 0.170 e. The first-order chi connectivity index (χ1) is 14.2. The normalized spacial score (nSPS) is 11.0. The third-order valence-corrected chi connectivity index (χ3v) is 4.55. The lowest BCUT2D eigenvalue weighted by Gasteiger charge is -2.21. The van der Waals surface area contributed by atoms with Crippen molar-refractivity contribution in [1.29, 1.82) is 0 Å². The smallest absolute Gasteiger partial charge is 0.170 e. The first kappa shape index (κ1) is 18.8. The zero-order valence-electron chi connectivity index (χ0n) is 16.0. The summed E-state index contributed by atoms with van der Waals surface area (Å²) in [6, 6.07) is 10.0. The zero-order valence-corrected chi connectivity index (χ0v) is 16.0. The van der Waals surface area contributed by atoms with E-state index in [1.165, 1.54) is 0 Å². The van der Waals surface area contributed by atoms with Crippen LogP contribution in [0.3, 0.4) is 0 Å². The summed E-state index contributed by atoms with van der Waals surface area (Å²) in [7, 11) is 1.80. The Morgan fingerprint density at radius 1 is 1.21 bits per heavy atom. The van der Waals surface area contributed by atoms with Gasteiger partial charge in [0.15, 0.2) is 11.6 Å². The van der Waals surface area contributed by atoms with Crippen LogP contribution in [0.2, 0.25) is 0 Å². The molecule has 0 radical (unpaired) electrons. The fourth-order valence-corrected chi connectivity index (χ4v) is 3.11. The van der Waals surface area contributed by atoms with E-state index in [9.17, 15) is 0 Å². The molecular formula is C20H22N8O. The topological polar surface area (TPSA) is 118 Å². The summed E-state index contributed by atoms with van der Waals surface area (Å²) >= 11 is 0. The lowest BCUT2D eigenvalue weighted by molar-refractivity contribution is 0.269. The molecule has 0 aliphatic heterocycles. The number of aromatic nitrogens is 5. The van der Waals surface area contributed by atoms with Gasteiger partial charge in [-0.3, -0.25) is 14.7 Å². The second-order valence-corrected chi connectivity index (χ2v) is 6.55. The van der Waals surface area contributed by atoms with Gasteiger partial charge >= 0.3 is 0 Å². The number of fused-ring (bicyclic) bond motifs is 1. The summed E-state index contributed by atoms with van der Waals surface area (Å²) in [6.45, 7) is 0.908. The minimum atomic E-state index is 0.0176. The number of rotatable bonds is 7. The molecule has 0 aliphatic carbocycles. The van der Waals surface area contributed by atoms with Crippen LogP contribution in [-0.4, -0.2) is 43.5 Å². The molecule has 29 heavy (non-hydrogen) atoms. The van der Waals surface area contributed by atoms with Gasteiger partial charge in [-0.1, -0.05) is 12.1 Å². The molecule has 0 bridgehead atoms. The molecule has 4 aromatic rings. The van der Waals surface area contributed by atoms with E-state index < -0.39 is 0 Å². The van der Waals surface area contributed by atoms with Crippen molar-refractivity contribution in [3.63, 3.8) is 0 Å². The van der Waals surface area contributed by atoms with Gasteiger partial charge in [-0.15, -0.1) is 0 Å². The molecule has 9 nitrogen and oxygen atoms in total. The third kappa shape index (κ3) is 4.00. The molecule has 4 N–H and O–H groups in total. The molecule has 0 saturated heterocycles. The first-order valence-corrected chi connectivity index (χ1v) is 9.22. The second-order valence-electron chi connectivity index (χ2n) is 6.55. The van der Waals surface area contributed by atoms with Gasteiger partial charge in [-0.05, 0) is 23.8 Å². The van der Waals surface area contributed by atoms with Crippen LogP contribution in [0.15, 0.2) is 55.1 Å². The van der Waals surface area contributed by atoms with E-state index in [4.69, 9.17) is 10.9 Å². The van der Waals surface area contributed by atoms with Crippen molar-refractivity contribution in [3.8, 4) is 11.4 Å². The van der Waals surface area contributed by atoms with Crippen LogP contribution in [-0.2, 0) is 13.1 Å². The fourth-order valence-electron chi connectivity index (χ4n) is 3.11. The SMILES string of the molecule is CNc1cnc(-c2cnn(CCO)c2)nc1N(N)Cc1ccc2ncccc2c1. The Balaban J connectivity index is 1.62. The molecule has 0 atom stereocenters. The maximum atomic E-state index is 9.06. The Kier molecular flexibility index (Phi) is 5.32. The zero-order chi connectivity index (χ0) is 20.2. The Labute approximate surface area is 167 Å². The summed E-state index contributed by atoms with van der Waals surface area (Å²) in [6.07, 6.45) is 6.95. The predicted octanol–water partition coefficient (Wildman–Crippen LogP) is 1.80. The molecule has 0 unspecified atom stereocenters. The first-order valence-electron chi connectivity index (χ1n) is 9.22. The summed E-state index contributed by atoms with van der Waals surface area (Å²) in [5.41, 5.74) is 3.47. The lowest BCUT2D eigenvalue weighted by Crippen LogP contribution is -2.32. The highest BCUT2D eigenvalue weighted by Crippen LogP contribution is 2.26. The summed E-state index contributed by atoms with van der Waals surface area (Å²) in [5, 5.41) is 19.0. The quantitative estimate of drug-likeness (QED) is 0.323. The molecular weight excluding hydrogens is 368 g/mol. The standard InChI is InChI=1S/C20H22N8O/c1-22-18-11-24-19(16-10-25-27(13-16)7-8-29)26-20(18)28(21)12-14-4-5-17-15(9-14)3-2-6-23-17/h2-6,9-11,13,22,29H,7-8,12,21H2,1H3. The molecule has 4 rings (SSSR count). The number of nitrogens with two attached hydrogens (primary N) is 1. The third-order valence-electron chi connectivity index (χ3n) is 4.55. The predicted molar refractivity (Wildman–Crippen MR) is 112 cm³/mol. The Bertz CT molecular complexity index is 1130. The van der Waals surface area contributed by atoms with E-state index in [1.807, 2.05) is 24.3 Å². The van der Waals surface area contributed by atoms with Crippen LogP contribution in [0, 0.1) is 0 Å². The molecule has 3 heterocycles.